The van der Waals surface area contributed by atoms with Crippen LogP contribution in [0, 0.1) is 0 Å². The summed E-state index contributed by atoms with van der Waals surface area (Å²) >= 11 is 1.39. The maximum atomic E-state index is 10.0. The summed E-state index contributed by atoms with van der Waals surface area (Å²) in [5.41, 5.74) is 2.19. The van der Waals surface area contributed by atoms with Gasteiger partial charge in [0.25, 0.3) is 0 Å². The molecule has 2 aromatic rings. The van der Waals surface area contributed by atoms with Crippen molar-refractivity contribution in [1.82, 2.24) is 9.97 Å². The SMILES string of the molecule is COc1cccnc1C(O)c1cncs1. The summed E-state index contributed by atoms with van der Waals surface area (Å²) in [5.74, 6) is 0.582. The van der Waals surface area contributed by atoms with Crippen LogP contribution >= 0.6 is 11.3 Å². The van der Waals surface area contributed by atoms with Crippen LogP contribution in [-0.4, -0.2) is 22.2 Å². The number of thiazole rings is 1. The van der Waals surface area contributed by atoms with Gasteiger partial charge in [-0.15, -0.1) is 11.3 Å². The Bertz CT molecular complexity index is 431. The Morgan fingerprint density at radius 3 is 3.07 bits per heavy atom. The predicted molar refractivity (Wildman–Crippen MR) is 57.0 cm³/mol. The Morgan fingerprint density at radius 1 is 1.53 bits per heavy atom. The molecule has 0 aliphatic carbocycles. The molecule has 5 heteroatoms. The summed E-state index contributed by atoms with van der Waals surface area (Å²) in [7, 11) is 1.56. The molecule has 0 aliphatic heterocycles. The third-order valence-corrected chi connectivity index (χ3v) is 2.83. The number of nitrogens with zero attached hydrogens (tertiary/aromatic N) is 2. The largest absolute Gasteiger partial charge is 0.495 e. The first-order valence-electron chi connectivity index (χ1n) is 4.38. The molecule has 0 bridgehead atoms. The van der Waals surface area contributed by atoms with Gasteiger partial charge in [-0.25, -0.2) is 0 Å². The third kappa shape index (κ3) is 1.98. The average molecular weight is 222 g/mol. The highest BCUT2D eigenvalue weighted by Crippen LogP contribution is 2.29. The number of methoxy groups -OCH3 is 1. The fraction of sp³-hybridized carbons (Fsp3) is 0.200. The van der Waals surface area contributed by atoms with Crippen molar-refractivity contribution in [3.63, 3.8) is 0 Å². The lowest BCUT2D eigenvalue weighted by Crippen LogP contribution is -2.03. The van der Waals surface area contributed by atoms with Gasteiger partial charge in [-0.2, -0.15) is 0 Å². The highest BCUT2D eigenvalue weighted by atomic mass is 32.1. The van der Waals surface area contributed by atoms with Crippen molar-refractivity contribution in [2.75, 3.05) is 7.11 Å². The zero-order chi connectivity index (χ0) is 10.7. The van der Waals surface area contributed by atoms with E-state index in [0.29, 0.717) is 11.4 Å². The van der Waals surface area contributed by atoms with Gasteiger partial charge in [0, 0.05) is 12.4 Å². The monoisotopic (exact) mass is 222 g/mol. The van der Waals surface area contributed by atoms with Gasteiger partial charge in [0.2, 0.25) is 0 Å². The molecule has 0 radical (unpaired) electrons. The van der Waals surface area contributed by atoms with Crippen LogP contribution in [-0.2, 0) is 0 Å². The summed E-state index contributed by atoms with van der Waals surface area (Å²) in [6.07, 6.45) is 2.49. The average Bonchev–Trinajstić information content (AvgIpc) is 2.81. The van der Waals surface area contributed by atoms with Crippen molar-refractivity contribution in [3.8, 4) is 5.75 Å². The van der Waals surface area contributed by atoms with E-state index < -0.39 is 6.10 Å². The van der Waals surface area contributed by atoms with Crippen LogP contribution in [0.1, 0.15) is 16.7 Å². The van der Waals surface area contributed by atoms with E-state index in [2.05, 4.69) is 9.97 Å². The zero-order valence-electron chi connectivity index (χ0n) is 8.12. The van der Waals surface area contributed by atoms with Crippen LogP contribution in [0.2, 0.25) is 0 Å². The lowest BCUT2D eigenvalue weighted by molar-refractivity contribution is 0.212. The van der Waals surface area contributed by atoms with Crippen molar-refractivity contribution in [3.05, 3.63) is 40.6 Å². The second kappa shape index (κ2) is 4.37. The van der Waals surface area contributed by atoms with Crippen molar-refractivity contribution in [1.29, 1.82) is 0 Å². The second-order valence-electron chi connectivity index (χ2n) is 2.90. The van der Waals surface area contributed by atoms with Gasteiger partial charge in [0.05, 0.1) is 17.5 Å². The number of aromatic nitrogens is 2. The highest BCUT2D eigenvalue weighted by molar-refractivity contribution is 7.09. The highest BCUT2D eigenvalue weighted by Gasteiger charge is 2.17. The minimum absolute atomic E-state index is 0.518. The molecular weight excluding hydrogens is 212 g/mol. The first kappa shape index (κ1) is 10.1. The van der Waals surface area contributed by atoms with Crippen LogP contribution < -0.4 is 4.74 Å². The Labute approximate surface area is 91.2 Å². The van der Waals surface area contributed by atoms with Gasteiger partial charge < -0.3 is 9.84 Å². The van der Waals surface area contributed by atoms with Gasteiger partial charge in [-0.1, -0.05) is 0 Å². The van der Waals surface area contributed by atoms with E-state index in [1.807, 2.05) is 0 Å². The van der Waals surface area contributed by atoms with E-state index >= 15 is 0 Å². The first-order valence-corrected chi connectivity index (χ1v) is 5.26. The smallest absolute Gasteiger partial charge is 0.143 e. The van der Waals surface area contributed by atoms with Crippen LogP contribution in [0.3, 0.4) is 0 Å². The molecule has 0 saturated heterocycles. The number of aliphatic hydroxyl groups excluding tert-OH is 1. The van der Waals surface area contributed by atoms with Crippen LogP contribution in [0.25, 0.3) is 0 Å². The van der Waals surface area contributed by atoms with Gasteiger partial charge >= 0.3 is 0 Å². The number of hydrogen-bond acceptors (Lipinski definition) is 5. The van der Waals surface area contributed by atoms with Crippen molar-refractivity contribution >= 4 is 11.3 Å². The standard InChI is InChI=1S/C10H10N2O2S/c1-14-7-3-2-4-12-9(7)10(13)8-5-11-6-15-8/h2-6,10,13H,1H3. The van der Waals surface area contributed by atoms with E-state index in [4.69, 9.17) is 4.74 Å². The van der Waals surface area contributed by atoms with E-state index in [1.165, 1.54) is 11.3 Å². The summed E-state index contributed by atoms with van der Waals surface area (Å²) < 4.78 is 5.13. The molecule has 0 aromatic carbocycles. The molecule has 0 spiro atoms. The fourth-order valence-electron chi connectivity index (χ4n) is 1.28. The summed E-state index contributed by atoms with van der Waals surface area (Å²) in [6.45, 7) is 0. The number of aliphatic hydroxyl groups is 1. The number of rotatable bonds is 3. The maximum Gasteiger partial charge on any atom is 0.143 e. The van der Waals surface area contributed by atoms with E-state index in [-0.39, 0.29) is 0 Å². The molecule has 1 N–H and O–H groups in total. The Kier molecular flexibility index (Phi) is 2.94. The van der Waals surface area contributed by atoms with Crippen molar-refractivity contribution < 1.29 is 9.84 Å². The quantitative estimate of drug-likeness (QED) is 0.857. The number of pyridine rings is 1. The van der Waals surface area contributed by atoms with E-state index in [1.54, 1.807) is 37.1 Å². The molecule has 78 valence electrons. The summed E-state index contributed by atoms with van der Waals surface area (Å²) in [6, 6.07) is 3.54. The minimum Gasteiger partial charge on any atom is -0.495 e. The molecule has 2 aromatic heterocycles. The molecule has 0 fully saturated rings. The third-order valence-electron chi connectivity index (χ3n) is 2.00. The van der Waals surface area contributed by atoms with Gasteiger partial charge in [-0.3, -0.25) is 9.97 Å². The molecule has 2 rings (SSSR count). The molecule has 0 amide bonds. The van der Waals surface area contributed by atoms with Crippen LogP contribution in [0.15, 0.2) is 30.0 Å². The molecule has 1 unspecified atom stereocenters. The van der Waals surface area contributed by atoms with Gasteiger partial charge in [0.1, 0.15) is 17.5 Å². The Hall–Kier alpha value is -1.46. The zero-order valence-corrected chi connectivity index (χ0v) is 8.94. The molecule has 0 aliphatic rings. The molecule has 15 heavy (non-hydrogen) atoms. The van der Waals surface area contributed by atoms with Gasteiger partial charge in [0.15, 0.2) is 0 Å². The Balaban J connectivity index is 2.37. The molecule has 4 nitrogen and oxygen atoms in total. The Morgan fingerprint density at radius 2 is 2.40 bits per heavy atom. The number of ether oxygens (including phenoxy) is 1. The maximum absolute atomic E-state index is 10.0. The van der Waals surface area contributed by atoms with Crippen molar-refractivity contribution in [2.45, 2.75) is 6.10 Å². The lowest BCUT2D eigenvalue weighted by atomic mass is 10.2. The second-order valence-corrected chi connectivity index (χ2v) is 3.82. The van der Waals surface area contributed by atoms with Crippen molar-refractivity contribution in [2.24, 2.45) is 0 Å². The summed E-state index contributed by atoms with van der Waals surface area (Å²) in [5, 5.41) is 10.0. The molecule has 2 heterocycles. The normalized spacial score (nSPS) is 12.4. The fourth-order valence-corrected chi connectivity index (χ4v) is 1.88. The minimum atomic E-state index is -0.770. The molecule has 1 atom stereocenters. The van der Waals surface area contributed by atoms with Crippen LogP contribution in [0.5, 0.6) is 5.75 Å². The number of hydrogen-bond donors (Lipinski definition) is 1. The summed E-state index contributed by atoms with van der Waals surface area (Å²) in [4.78, 5) is 8.78. The van der Waals surface area contributed by atoms with E-state index in [9.17, 15) is 5.11 Å². The lowest BCUT2D eigenvalue weighted by Gasteiger charge is -2.11. The van der Waals surface area contributed by atoms with Gasteiger partial charge in [-0.05, 0) is 12.1 Å². The molecule has 0 saturated carbocycles. The first-order chi connectivity index (χ1) is 7.33. The molecular formula is C10H10N2O2S. The predicted octanol–water partition coefficient (Wildman–Crippen LogP) is 1.63. The van der Waals surface area contributed by atoms with E-state index in [0.717, 1.165) is 4.88 Å². The van der Waals surface area contributed by atoms with Crippen LogP contribution in [0.4, 0.5) is 0 Å². The topological polar surface area (TPSA) is 55.2 Å².